The minimum atomic E-state index is -0.645. The van der Waals surface area contributed by atoms with E-state index in [-0.39, 0.29) is 17.7 Å². The molecule has 2 aliphatic heterocycles. The molecule has 0 unspecified atom stereocenters. The molecule has 32 heavy (non-hydrogen) atoms. The van der Waals surface area contributed by atoms with Crippen molar-refractivity contribution in [1.82, 2.24) is 19.6 Å². The Bertz CT molecular complexity index is 1140. The summed E-state index contributed by atoms with van der Waals surface area (Å²) in [6, 6.07) is 13.8. The molecule has 2 atom stereocenters. The van der Waals surface area contributed by atoms with Crippen LogP contribution in [0.2, 0.25) is 0 Å². The van der Waals surface area contributed by atoms with Crippen molar-refractivity contribution in [3.05, 3.63) is 77.5 Å². The Labute approximate surface area is 187 Å². The van der Waals surface area contributed by atoms with Crippen LogP contribution in [0, 0.1) is 12.3 Å². The number of carbonyl (C=O) groups is 2. The Hall–Kier alpha value is -3.35. The van der Waals surface area contributed by atoms with Gasteiger partial charge in [-0.05, 0) is 37.5 Å². The van der Waals surface area contributed by atoms with E-state index in [2.05, 4.69) is 17.2 Å². The largest absolute Gasteiger partial charge is 0.469 e. The van der Waals surface area contributed by atoms with Gasteiger partial charge in [-0.25, -0.2) is 0 Å². The van der Waals surface area contributed by atoms with Gasteiger partial charge in [-0.1, -0.05) is 30.3 Å². The van der Waals surface area contributed by atoms with Gasteiger partial charge in [-0.2, -0.15) is 5.10 Å². The molecular weight excluding hydrogens is 404 g/mol. The number of aromatic nitrogens is 2. The second-order valence-electron chi connectivity index (χ2n) is 8.98. The van der Waals surface area contributed by atoms with Gasteiger partial charge in [0.25, 0.3) is 5.91 Å². The number of carbonyl (C=O) groups excluding carboxylic acids is 2. The first-order valence-corrected chi connectivity index (χ1v) is 11.1. The third-order valence-corrected chi connectivity index (χ3v) is 7.12. The van der Waals surface area contributed by atoms with Gasteiger partial charge >= 0.3 is 0 Å². The number of rotatable bonds is 4. The van der Waals surface area contributed by atoms with Gasteiger partial charge in [-0.15, -0.1) is 0 Å². The molecule has 0 saturated carbocycles. The molecule has 1 spiro atoms. The second kappa shape index (κ2) is 7.97. The van der Waals surface area contributed by atoms with E-state index in [0.717, 1.165) is 30.6 Å². The number of amides is 2. The van der Waals surface area contributed by atoms with Crippen molar-refractivity contribution in [3.63, 3.8) is 0 Å². The molecule has 0 bridgehead atoms. The van der Waals surface area contributed by atoms with Crippen LogP contribution in [-0.4, -0.2) is 51.0 Å². The van der Waals surface area contributed by atoms with Crippen molar-refractivity contribution < 1.29 is 14.0 Å². The topological polar surface area (TPSA) is 71.6 Å². The average molecular weight is 433 g/mol. The Morgan fingerprint density at radius 2 is 2.03 bits per heavy atom. The van der Waals surface area contributed by atoms with Crippen LogP contribution in [0.4, 0.5) is 0 Å². The standard InChI is InChI=1S/C25H28N4O3/c1-18-20(10-14-32-18)23(30)29-16-21(22-9-12-26-27(22)2)25(17-29)11-6-13-28(24(25)31)15-19-7-4-3-5-8-19/h3-5,7-10,12,14,21H,6,11,13,15-17H2,1-2H3/t21-,25+/m0/s1. The summed E-state index contributed by atoms with van der Waals surface area (Å²) in [5.41, 5.74) is 2.04. The van der Waals surface area contributed by atoms with Crippen LogP contribution in [0.1, 0.15) is 46.1 Å². The smallest absolute Gasteiger partial charge is 0.257 e. The maximum Gasteiger partial charge on any atom is 0.257 e. The third kappa shape index (κ3) is 3.32. The molecule has 7 heteroatoms. The van der Waals surface area contributed by atoms with Gasteiger partial charge in [0.1, 0.15) is 5.76 Å². The van der Waals surface area contributed by atoms with Crippen LogP contribution in [0.15, 0.2) is 59.3 Å². The molecule has 3 aromatic rings. The summed E-state index contributed by atoms with van der Waals surface area (Å²) in [6.45, 7) is 4.03. The maximum absolute atomic E-state index is 14.0. The second-order valence-corrected chi connectivity index (χ2v) is 8.98. The van der Waals surface area contributed by atoms with Gasteiger partial charge < -0.3 is 14.2 Å². The lowest BCUT2D eigenvalue weighted by atomic mass is 9.70. The number of nitrogens with zero attached hydrogens (tertiary/aromatic N) is 4. The minimum absolute atomic E-state index is 0.0757. The summed E-state index contributed by atoms with van der Waals surface area (Å²) in [4.78, 5) is 31.2. The molecule has 0 N–H and O–H groups in total. The number of furan rings is 1. The molecule has 1 aromatic carbocycles. The van der Waals surface area contributed by atoms with Gasteiger partial charge in [0.2, 0.25) is 5.91 Å². The molecule has 2 aromatic heterocycles. The normalized spacial score (nSPS) is 23.3. The number of aryl methyl sites for hydroxylation is 2. The molecule has 2 saturated heterocycles. The van der Waals surface area contributed by atoms with Gasteiger partial charge in [0.15, 0.2) is 0 Å². The quantitative estimate of drug-likeness (QED) is 0.634. The first-order valence-electron chi connectivity index (χ1n) is 11.1. The van der Waals surface area contributed by atoms with Crippen molar-refractivity contribution in [2.75, 3.05) is 19.6 Å². The van der Waals surface area contributed by atoms with Crippen LogP contribution >= 0.6 is 0 Å². The van der Waals surface area contributed by atoms with E-state index in [0.29, 0.717) is 31.0 Å². The Morgan fingerprint density at radius 1 is 1.22 bits per heavy atom. The van der Waals surface area contributed by atoms with Crippen LogP contribution in [-0.2, 0) is 18.4 Å². The highest BCUT2D eigenvalue weighted by Crippen LogP contribution is 2.49. The van der Waals surface area contributed by atoms with E-state index < -0.39 is 5.41 Å². The molecule has 7 nitrogen and oxygen atoms in total. The summed E-state index contributed by atoms with van der Waals surface area (Å²) in [6.07, 6.45) is 4.99. The highest BCUT2D eigenvalue weighted by atomic mass is 16.3. The lowest BCUT2D eigenvalue weighted by Gasteiger charge is -2.42. The monoisotopic (exact) mass is 432 g/mol. The third-order valence-electron chi connectivity index (χ3n) is 7.12. The summed E-state index contributed by atoms with van der Waals surface area (Å²) in [7, 11) is 1.91. The fourth-order valence-corrected chi connectivity index (χ4v) is 5.48. The predicted octanol–water partition coefficient (Wildman–Crippen LogP) is 3.37. The van der Waals surface area contributed by atoms with Crippen LogP contribution in [0.25, 0.3) is 0 Å². The molecule has 0 aliphatic carbocycles. The molecule has 2 aliphatic rings. The minimum Gasteiger partial charge on any atom is -0.469 e. The van der Waals surface area contributed by atoms with E-state index in [9.17, 15) is 9.59 Å². The van der Waals surface area contributed by atoms with Crippen molar-refractivity contribution in [3.8, 4) is 0 Å². The Kier molecular flexibility index (Phi) is 5.12. The molecular formula is C25H28N4O3. The van der Waals surface area contributed by atoms with Crippen LogP contribution in [0.5, 0.6) is 0 Å². The van der Waals surface area contributed by atoms with Crippen LogP contribution < -0.4 is 0 Å². The zero-order valence-electron chi connectivity index (χ0n) is 18.5. The fraction of sp³-hybridized carbons (Fsp3) is 0.400. The molecule has 2 fully saturated rings. The van der Waals surface area contributed by atoms with E-state index >= 15 is 0 Å². The molecule has 5 rings (SSSR count). The Balaban J connectivity index is 1.50. The first kappa shape index (κ1) is 20.5. The SMILES string of the molecule is Cc1occc1C(=O)N1C[C@@H](c2ccnn2C)[C@@]2(CCCN(Cc3ccccc3)C2=O)C1. The predicted molar refractivity (Wildman–Crippen MR) is 119 cm³/mol. The lowest BCUT2D eigenvalue weighted by Crippen LogP contribution is -2.52. The molecule has 166 valence electrons. The lowest BCUT2D eigenvalue weighted by molar-refractivity contribution is -0.147. The fourth-order valence-electron chi connectivity index (χ4n) is 5.48. The van der Waals surface area contributed by atoms with E-state index in [1.165, 1.54) is 0 Å². The van der Waals surface area contributed by atoms with E-state index in [1.807, 2.05) is 45.8 Å². The summed E-state index contributed by atoms with van der Waals surface area (Å²) in [5, 5.41) is 4.36. The average Bonchev–Trinajstić information content (AvgIpc) is 3.51. The molecule has 2 amide bonds. The van der Waals surface area contributed by atoms with Crippen molar-refractivity contribution in [1.29, 1.82) is 0 Å². The number of benzene rings is 1. The zero-order chi connectivity index (χ0) is 22.3. The van der Waals surface area contributed by atoms with Crippen LogP contribution in [0.3, 0.4) is 0 Å². The van der Waals surface area contributed by atoms with Gasteiger partial charge in [0.05, 0.1) is 17.2 Å². The number of piperidine rings is 1. The molecule has 0 radical (unpaired) electrons. The number of hydrogen-bond acceptors (Lipinski definition) is 4. The highest BCUT2D eigenvalue weighted by molar-refractivity contribution is 5.96. The maximum atomic E-state index is 14.0. The summed E-state index contributed by atoms with van der Waals surface area (Å²) in [5.74, 6) is 0.567. The molecule has 4 heterocycles. The summed E-state index contributed by atoms with van der Waals surface area (Å²) < 4.78 is 7.21. The van der Waals surface area contributed by atoms with Crippen molar-refractivity contribution >= 4 is 11.8 Å². The first-order chi connectivity index (χ1) is 15.5. The number of likely N-dealkylation sites (tertiary alicyclic amines) is 2. The number of hydrogen-bond donors (Lipinski definition) is 0. The highest BCUT2D eigenvalue weighted by Gasteiger charge is 2.57. The van der Waals surface area contributed by atoms with Crippen molar-refractivity contribution in [2.45, 2.75) is 32.2 Å². The van der Waals surface area contributed by atoms with E-state index in [1.54, 1.807) is 25.5 Å². The van der Waals surface area contributed by atoms with Gasteiger partial charge in [0, 0.05) is 51.0 Å². The van der Waals surface area contributed by atoms with Gasteiger partial charge in [-0.3, -0.25) is 14.3 Å². The Morgan fingerprint density at radius 3 is 2.72 bits per heavy atom. The summed E-state index contributed by atoms with van der Waals surface area (Å²) >= 11 is 0. The zero-order valence-corrected chi connectivity index (χ0v) is 18.5. The van der Waals surface area contributed by atoms with Crippen molar-refractivity contribution in [2.24, 2.45) is 12.5 Å². The van der Waals surface area contributed by atoms with E-state index in [4.69, 9.17) is 4.42 Å².